The van der Waals surface area contributed by atoms with Crippen molar-refractivity contribution in [2.45, 2.75) is 13.5 Å². The van der Waals surface area contributed by atoms with Gasteiger partial charge in [0.05, 0.1) is 5.71 Å². The Labute approximate surface area is 161 Å². The van der Waals surface area contributed by atoms with Crippen LogP contribution in [0.1, 0.15) is 18.1 Å². The number of carbonyl (C=O) groups excluding carboxylic acids is 1. The third-order valence-electron chi connectivity index (χ3n) is 4.21. The topological polar surface area (TPSA) is 67.6 Å². The number of hydrogen-bond acceptors (Lipinski definition) is 4. The van der Waals surface area contributed by atoms with Crippen LogP contribution in [0.25, 0.3) is 0 Å². The van der Waals surface area contributed by atoms with Crippen LogP contribution < -0.4 is 0 Å². The molecule has 27 heavy (non-hydrogen) atoms. The van der Waals surface area contributed by atoms with Gasteiger partial charge in [0.25, 0.3) is 5.91 Å². The van der Waals surface area contributed by atoms with E-state index in [9.17, 15) is 9.90 Å². The Balaban J connectivity index is 2.32. The number of amides is 1. The molecule has 5 heteroatoms. The predicted octanol–water partition coefficient (Wildman–Crippen LogP) is 3.48. The molecule has 0 atom stereocenters. The smallest absolute Gasteiger partial charge is 0.259 e. The number of nitrogens with one attached hydrogen (secondary N) is 1. The fourth-order valence-electron chi connectivity index (χ4n) is 2.73. The molecule has 0 spiro atoms. The number of rotatable bonds is 8. The number of aliphatic hydroxyl groups is 1. The van der Waals surface area contributed by atoms with Crippen LogP contribution in [0.3, 0.4) is 0 Å². The number of carbonyl (C=O) groups is 1. The van der Waals surface area contributed by atoms with Crippen LogP contribution in [-0.2, 0) is 11.3 Å². The lowest BCUT2D eigenvalue weighted by Crippen LogP contribution is -2.39. The largest absolute Gasteiger partial charge is 0.512 e. The predicted molar refractivity (Wildman–Crippen MR) is 109 cm³/mol. The van der Waals surface area contributed by atoms with Gasteiger partial charge in [-0.25, -0.2) is 0 Å². The zero-order valence-electron chi connectivity index (χ0n) is 16.1. The van der Waals surface area contributed by atoms with E-state index in [0.29, 0.717) is 25.2 Å². The van der Waals surface area contributed by atoms with E-state index in [-0.39, 0.29) is 23.0 Å². The van der Waals surface area contributed by atoms with Gasteiger partial charge >= 0.3 is 0 Å². The summed E-state index contributed by atoms with van der Waals surface area (Å²) in [6.07, 6.45) is 0. The van der Waals surface area contributed by atoms with Gasteiger partial charge in [-0.15, -0.1) is 0 Å². The molecular weight excluding hydrogens is 338 g/mol. The standard InChI is InChI=1S/C22H27N3O2/c1-17(26)20(21(23)19-12-8-5-9-13-19)22(27)25(15-14-24(2)3)16-18-10-6-4-7-11-18/h4-13,23,26H,14-16H2,1-3H3. The molecule has 0 saturated heterocycles. The average molecular weight is 365 g/mol. The molecule has 0 heterocycles. The molecule has 142 valence electrons. The summed E-state index contributed by atoms with van der Waals surface area (Å²) in [5.41, 5.74) is 1.67. The van der Waals surface area contributed by atoms with Crippen LogP contribution in [-0.4, -0.2) is 53.7 Å². The van der Waals surface area contributed by atoms with E-state index in [0.717, 1.165) is 5.56 Å². The van der Waals surface area contributed by atoms with Crippen molar-refractivity contribution in [2.24, 2.45) is 0 Å². The monoisotopic (exact) mass is 365 g/mol. The third-order valence-corrected chi connectivity index (χ3v) is 4.21. The molecule has 2 rings (SSSR count). The molecule has 0 aliphatic carbocycles. The number of allylic oxidation sites excluding steroid dienone is 1. The fraction of sp³-hybridized carbons (Fsp3) is 0.273. The summed E-state index contributed by atoms with van der Waals surface area (Å²) in [4.78, 5) is 17.0. The molecule has 5 nitrogen and oxygen atoms in total. The van der Waals surface area contributed by atoms with Crippen molar-refractivity contribution < 1.29 is 9.90 Å². The summed E-state index contributed by atoms with van der Waals surface area (Å²) >= 11 is 0. The van der Waals surface area contributed by atoms with Crippen molar-refractivity contribution in [2.75, 3.05) is 27.2 Å². The van der Waals surface area contributed by atoms with Gasteiger partial charge in [0.1, 0.15) is 11.3 Å². The summed E-state index contributed by atoms with van der Waals surface area (Å²) in [7, 11) is 3.90. The summed E-state index contributed by atoms with van der Waals surface area (Å²) in [6.45, 7) is 3.07. The normalized spacial score (nSPS) is 11.9. The molecule has 1 amide bonds. The number of nitrogens with zero attached hydrogens (tertiary/aromatic N) is 2. The Hall–Kier alpha value is -2.92. The first kappa shape index (κ1) is 20.4. The second-order valence-corrected chi connectivity index (χ2v) is 6.72. The zero-order valence-corrected chi connectivity index (χ0v) is 16.1. The molecule has 0 aromatic heterocycles. The van der Waals surface area contributed by atoms with Crippen LogP contribution >= 0.6 is 0 Å². The van der Waals surface area contributed by atoms with Crippen molar-refractivity contribution in [1.82, 2.24) is 9.80 Å². The lowest BCUT2D eigenvalue weighted by molar-refractivity contribution is -0.127. The van der Waals surface area contributed by atoms with E-state index in [4.69, 9.17) is 5.41 Å². The van der Waals surface area contributed by atoms with E-state index in [1.165, 1.54) is 6.92 Å². The quantitative estimate of drug-likeness (QED) is 0.428. The van der Waals surface area contributed by atoms with Gasteiger partial charge in [-0.1, -0.05) is 60.7 Å². The minimum Gasteiger partial charge on any atom is -0.512 e. The van der Waals surface area contributed by atoms with Crippen LogP contribution in [0.4, 0.5) is 0 Å². The highest BCUT2D eigenvalue weighted by molar-refractivity contribution is 6.27. The van der Waals surface area contributed by atoms with Gasteiger partial charge in [0.2, 0.25) is 0 Å². The van der Waals surface area contributed by atoms with Gasteiger partial charge in [0, 0.05) is 25.2 Å². The minimum absolute atomic E-state index is 0.0310. The Morgan fingerprint density at radius 2 is 1.52 bits per heavy atom. The summed E-state index contributed by atoms with van der Waals surface area (Å²) < 4.78 is 0. The Kier molecular flexibility index (Phi) is 7.32. The maximum Gasteiger partial charge on any atom is 0.259 e. The fourth-order valence-corrected chi connectivity index (χ4v) is 2.73. The van der Waals surface area contributed by atoms with Gasteiger partial charge < -0.3 is 14.9 Å². The van der Waals surface area contributed by atoms with Crippen molar-refractivity contribution in [1.29, 1.82) is 5.41 Å². The summed E-state index contributed by atoms with van der Waals surface area (Å²) in [5, 5.41) is 18.6. The van der Waals surface area contributed by atoms with Crippen molar-refractivity contribution in [3.63, 3.8) is 0 Å². The lowest BCUT2D eigenvalue weighted by Gasteiger charge is -2.26. The number of benzene rings is 2. The SMILES string of the molecule is CC(O)=C(C(=N)c1ccccc1)C(=O)N(CCN(C)C)Cc1ccccc1. The first-order valence-electron chi connectivity index (χ1n) is 8.92. The Morgan fingerprint density at radius 1 is 0.963 bits per heavy atom. The Morgan fingerprint density at radius 3 is 2.04 bits per heavy atom. The van der Waals surface area contributed by atoms with Gasteiger partial charge in [0.15, 0.2) is 0 Å². The van der Waals surface area contributed by atoms with Gasteiger partial charge in [-0.05, 0) is 26.6 Å². The van der Waals surface area contributed by atoms with Crippen LogP contribution in [0.5, 0.6) is 0 Å². The molecular formula is C22H27N3O2. The minimum atomic E-state index is -0.338. The lowest BCUT2D eigenvalue weighted by atomic mass is 10.00. The molecule has 2 N–H and O–H groups in total. The molecule has 0 aliphatic rings. The number of hydrogen-bond donors (Lipinski definition) is 2. The molecule has 0 fully saturated rings. The second kappa shape index (κ2) is 9.69. The van der Waals surface area contributed by atoms with E-state index in [2.05, 4.69) is 0 Å². The van der Waals surface area contributed by atoms with E-state index in [1.54, 1.807) is 17.0 Å². The molecule has 0 bridgehead atoms. The van der Waals surface area contributed by atoms with E-state index < -0.39 is 0 Å². The molecule has 0 saturated carbocycles. The summed E-state index contributed by atoms with van der Waals surface area (Å²) in [6, 6.07) is 18.7. The molecule has 2 aromatic carbocycles. The summed E-state index contributed by atoms with van der Waals surface area (Å²) in [5.74, 6) is -0.480. The first-order chi connectivity index (χ1) is 12.9. The highest BCUT2D eigenvalue weighted by Crippen LogP contribution is 2.16. The highest BCUT2D eigenvalue weighted by atomic mass is 16.3. The highest BCUT2D eigenvalue weighted by Gasteiger charge is 2.25. The van der Waals surface area contributed by atoms with E-state index in [1.807, 2.05) is 67.5 Å². The molecule has 0 unspecified atom stereocenters. The molecule has 0 radical (unpaired) electrons. The molecule has 2 aromatic rings. The number of aliphatic hydroxyl groups excluding tert-OH is 1. The van der Waals surface area contributed by atoms with Crippen LogP contribution in [0, 0.1) is 5.41 Å². The van der Waals surface area contributed by atoms with Gasteiger partial charge in [-0.3, -0.25) is 10.2 Å². The second-order valence-electron chi connectivity index (χ2n) is 6.72. The maximum absolute atomic E-state index is 13.3. The average Bonchev–Trinajstić information content (AvgIpc) is 2.66. The maximum atomic E-state index is 13.3. The van der Waals surface area contributed by atoms with Crippen molar-refractivity contribution in [3.05, 3.63) is 83.1 Å². The number of likely N-dealkylation sites (N-methyl/N-ethyl adjacent to an activating group) is 1. The van der Waals surface area contributed by atoms with E-state index >= 15 is 0 Å². The first-order valence-corrected chi connectivity index (χ1v) is 8.92. The van der Waals surface area contributed by atoms with Gasteiger partial charge in [-0.2, -0.15) is 0 Å². The van der Waals surface area contributed by atoms with Crippen LogP contribution in [0.15, 0.2) is 72.0 Å². The molecule has 0 aliphatic heterocycles. The van der Waals surface area contributed by atoms with Crippen molar-refractivity contribution >= 4 is 11.6 Å². The zero-order chi connectivity index (χ0) is 19.8. The Bertz CT molecular complexity index is 795. The van der Waals surface area contributed by atoms with Crippen molar-refractivity contribution in [3.8, 4) is 0 Å². The van der Waals surface area contributed by atoms with Crippen LogP contribution in [0.2, 0.25) is 0 Å². The third kappa shape index (κ3) is 5.79.